The lowest BCUT2D eigenvalue weighted by Gasteiger charge is -2.24. The molecule has 0 fully saturated rings. The molecule has 0 spiro atoms. The number of carbonyl (C=O) groups excluding carboxylic acids is 2. The predicted octanol–water partition coefficient (Wildman–Crippen LogP) is 12.4. The van der Waals surface area contributed by atoms with E-state index in [-0.39, 0.29) is 25.6 Å². The van der Waals surface area contributed by atoms with Crippen LogP contribution in [0.4, 0.5) is 0 Å². The Labute approximate surface area is 327 Å². The third-order valence-electron chi connectivity index (χ3n) is 9.89. The average molecular weight is 777 g/mol. The molecule has 0 saturated heterocycles. The molecular weight excluding hydrogens is 689 g/mol. The molecule has 1 unspecified atom stereocenters. The molecular formula is C43H87NO8P+. The van der Waals surface area contributed by atoms with Gasteiger partial charge in [0, 0.05) is 12.8 Å². The Morgan fingerprint density at radius 1 is 0.509 bits per heavy atom. The van der Waals surface area contributed by atoms with E-state index >= 15 is 0 Å². The maximum Gasteiger partial charge on any atom is 0.472 e. The molecule has 0 bridgehead atoms. The first kappa shape index (κ1) is 52.0. The number of esters is 2. The van der Waals surface area contributed by atoms with Gasteiger partial charge in [0.1, 0.15) is 19.8 Å². The van der Waals surface area contributed by atoms with Crippen molar-refractivity contribution in [3.63, 3.8) is 0 Å². The molecule has 2 atom stereocenters. The summed E-state index contributed by atoms with van der Waals surface area (Å²) in [7, 11) is 1.49. The minimum absolute atomic E-state index is 0.0367. The van der Waals surface area contributed by atoms with E-state index < -0.39 is 26.5 Å². The highest BCUT2D eigenvalue weighted by Crippen LogP contribution is 2.43. The van der Waals surface area contributed by atoms with Gasteiger partial charge in [0.15, 0.2) is 6.10 Å². The highest BCUT2D eigenvalue weighted by molar-refractivity contribution is 7.47. The number of carbonyl (C=O) groups is 2. The van der Waals surface area contributed by atoms with Crippen molar-refractivity contribution in [2.45, 2.75) is 219 Å². The van der Waals surface area contributed by atoms with Gasteiger partial charge >= 0.3 is 19.8 Å². The Kier molecular flexibility index (Phi) is 36.0. The highest BCUT2D eigenvalue weighted by atomic mass is 31.2. The maximum absolute atomic E-state index is 12.7. The first-order chi connectivity index (χ1) is 25.5. The molecule has 0 aromatic rings. The van der Waals surface area contributed by atoms with Gasteiger partial charge in [0.25, 0.3) is 0 Å². The second-order valence-corrected chi connectivity index (χ2v) is 17.9. The standard InChI is InChI=1S/C43H86NO8P/c1-6-8-10-12-14-16-18-19-20-21-22-23-24-26-28-30-32-34-36-43(46)52-41(40-51-53(47,48)50-38-37-44(3,4)5)39-49-42(45)35-33-31-29-27-25-17-15-13-11-9-7-2/h41H,6-40H2,1-5H3/p+1/t41-/m1/s1. The van der Waals surface area contributed by atoms with Crippen molar-refractivity contribution in [3.05, 3.63) is 0 Å². The van der Waals surface area contributed by atoms with E-state index in [1.54, 1.807) is 0 Å². The van der Waals surface area contributed by atoms with Crippen LogP contribution in [0.5, 0.6) is 0 Å². The van der Waals surface area contributed by atoms with Gasteiger partial charge in [0.2, 0.25) is 0 Å². The third kappa shape index (κ3) is 40.5. The zero-order chi connectivity index (χ0) is 39.3. The van der Waals surface area contributed by atoms with Crippen LogP contribution in [0.1, 0.15) is 213 Å². The van der Waals surface area contributed by atoms with Gasteiger partial charge in [-0.05, 0) is 12.8 Å². The van der Waals surface area contributed by atoms with E-state index in [4.69, 9.17) is 18.5 Å². The lowest BCUT2D eigenvalue weighted by Crippen LogP contribution is -2.37. The average Bonchev–Trinajstić information content (AvgIpc) is 3.10. The van der Waals surface area contributed by atoms with Crippen LogP contribution in [0.15, 0.2) is 0 Å². The quantitative estimate of drug-likeness (QED) is 0.0283. The van der Waals surface area contributed by atoms with Gasteiger partial charge in [0.05, 0.1) is 27.7 Å². The Morgan fingerprint density at radius 2 is 0.849 bits per heavy atom. The van der Waals surface area contributed by atoms with E-state index in [9.17, 15) is 19.0 Å². The van der Waals surface area contributed by atoms with Crippen LogP contribution in [0, 0.1) is 0 Å². The van der Waals surface area contributed by atoms with Crippen LogP contribution in [0.2, 0.25) is 0 Å². The molecule has 0 aromatic heterocycles. The van der Waals surface area contributed by atoms with E-state index in [1.807, 2.05) is 21.1 Å². The van der Waals surface area contributed by atoms with Gasteiger partial charge in [-0.25, -0.2) is 4.57 Å². The molecule has 0 saturated carbocycles. The zero-order valence-electron chi connectivity index (χ0n) is 35.5. The number of hydrogen-bond acceptors (Lipinski definition) is 7. The molecule has 0 rings (SSSR count). The van der Waals surface area contributed by atoms with Crippen LogP contribution in [0.3, 0.4) is 0 Å². The second kappa shape index (κ2) is 36.6. The second-order valence-electron chi connectivity index (χ2n) is 16.5. The van der Waals surface area contributed by atoms with Crippen LogP contribution >= 0.6 is 7.82 Å². The highest BCUT2D eigenvalue weighted by Gasteiger charge is 2.27. The van der Waals surface area contributed by atoms with Gasteiger partial charge in [-0.15, -0.1) is 0 Å². The largest absolute Gasteiger partial charge is 0.472 e. The van der Waals surface area contributed by atoms with Gasteiger partial charge in [-0.1, -0.05) is 187 Å². The number of hydrogen-bond donors (Lipinski definition) is 1. The summed E-state index contributed by atoms with van der Waals surface area (Å²) in [6.07, 6.45) is 35.7. The molecule has 9 nitrogen and oxygen atoms in total. The van der Waals surface area contributed by atoms with E-state index in [2.05, 4.69) is 13.8 Å². The fraction of sp³-hybridized carbons (Fsp3) is 0.953. The molecule has 0 amide bonds. The topological polar surface area (TPSA) is 108 Å². The lowest BCUT2D eigenvalue weighted by molar-refractivity contribution is -0.870. The van der Waals surface area contributed by atoms with Crippen LogP contribution < -0.4 is 0 Å². The Morgan fingerprint density at radius 3 is 1.21 bits per heavy atom. The number of nitrogens with zero attached hydrogens (tertiary/aromatic N) is 1. The minimum atomic E-state index is -4.36. The Balaban J connectivity index is 4.27. The molecule has 0 aromatic carbocycles. The van der Waals surface area contributed by atoms with Crippen molar-refractivity contribution in [2.75, 3.05) is 47.5 Å². The Bertz CT molecular complexity index is 881. The molecule has 0 heterocycles. The van der Waals surface area contributed by atoms with Gasteiger partial charge in [-0.2, -0.15) is 0 Å². The smallest absolute Gasteiger partial charge is 0.462 e. The van der Waals surface area contributed by atoms with E-state index in [0.29, 0.717) is 17.4 Å². The summed E-state index contributed by atoms with van der Waals surface area (Å²) < 4.78 is 34.3. The SMILES string of the molecule is CCCCCCCCCCCCCCCCCCCCC(=O)O[C@H](COC(=O)CCCCCCCCCCCCC)COP(=O)(O)OCC[N+](C)(C)C. The zero-order valence-corrected chi connectivity index (χ0v) is 36.4. The molecule has 316 valence electrons. The molecule has 53 heavy (non-hydrogen) atoms. The third-order valence-corrected chi connectivity index (χ3v) is 10.9. The predicted molar refractivity (Wildman–Crippen MR) is 220 cm³/mol. The first-order valence-electron chi connectivity index (χ1n) is 22.3. The fourth-order valence-electron chi connectivity index (χ4n) is 6.37. The summed E-state index contributed by atoms with van der Waals surface area (Å²) in [5, 5.41) is 0. The number of quaternary nitrogens is 1. The number of likely N-dealkylation sites (N-methyl/N-ethyl adjacent to an activating group) is 1. The van der Waals surface area contributed by atoms with Crippen LogP contribution in [-0.4, -0.2) is 74.9 Å². The van der Waals surface area contributed by atoms with Crippen molar-refractivity contribution >= 4 is 19.8 Å². The molecule has 0 aliphatic rings. The molecule has 1 N–H and O–H groups in total. The number of phosphoric ester groups is 1. The number of rotatable bonds is 41. The van der Waals surface area contributed by atoms with Crippen molar-refractivity contribution in [2.24, 2.45) is 0 Å². The molecule has 0 aliphatic carbocycles. The summed E-state index contributed by atoms with van der Waals surface area (Å²) >= 11 is 0. The summed E-state index contributed by atoms with van der Waals surface area (Å²) in [6, 6.07) is 0. The number of phosphoric acid groups is 1. The number of ether oxygens (including phenoxy) is 2. The van der Waals surface area contributed by atoms with Crippen molar-refractivity contribution in [3.8, 4) is 0 Å². The fourth-order valence-corrected chi connectivity index (χ4v) is 7.11. The van der Waals surface area contributed by atoms with E-state index in [1.165, 1.54) is 148 Å². The van der Waals surface area contributed by atoms with E-state index in [0.717, 1.165) is 38.5 Å². The van der Waals surface area contributed by atoms with Crippen molar-refractivity contribution in [1.29, 1.82) is 0 Å². The monoisotopic (exact) mass is 777 g/mol. The van der Waals surface area contributed by atoms with Crippen LogP contribution in [-0.2, 0) is 32.7 Å². The molecule has 10 heteroatoms. The number of unbranched alkanes of at least 4 members (excludes halogenated alkanes) is 27. The summed E-state index contributed by atoms with van der Waals surface area (Å²) in [4.78, 5) is 35.3. The summed E-state index contributed by atoms with van der Waals surface area (Å²) in [5.74, 6) is -0.785. The molecule has 0 aliphatic heterocycles. The lowest BCUT2D eigenvalue weighted by atomic mass is 10.0. The maximum atomic E-state index is 12.7. The van der Waals surface area contributed by atoms with Crippen molar-refractivity contribution in [1.82, 2.24) is 0 Å². The first-order valence-corrected chi connectivity index (χ1v) is 23.8. The van der Waals surface area contributed by atoms with Crippen LogP contribution in [0.25, 0.3) is 0 Å². The summed E-state index contributed by atoms with van der Waals surface area (Å²) in [5.41, 5.74) is 0. The normalized spacial score (nSPS) is 13.5. The molecule has 0 radical (unpaired) electrons. The van der Waals surface area contributed by atoms with Crippen molar-refractivity contribution < 1.29 is 42.1 Å². The van der Waals surface area contributed by atoms with Gasteiger partial charge < -0.3 is 18.9 Å². The van der Waals surface area contributed by atoms with Gasteiger partial charge in [-0.3, -0.25) is 18.6 Å². The minimum Gasteiger partial charge on any atom is -0.462 e. The Hall–Kier alpha value is -0.990. The summed E-state index contributed by atoms with van der Waals surface area (Å²) in [6.45, 7) is 4.45.